The Kier molecular flexibility index (Phi) is 9.76. The Morgan fingerprint density at radius 1 is 0.933 bits per heavy atom. The van der Waals surface area contributed by atoms with Crippen LogP contribution in [0.25, 0.3) is 10.9 Å². The number of nitrogens with zero attached hydrogens (tertiary/aromatic N) is 4. The molecule has 3 heterocycles. The van der Waals surface area contributed by atoms with Crippen molar-refractivity contribution < 1.29 is 19.1 Å². The van der Waals surface area contributed by atoms with Crippen LogP contribution < -0.4 is 26.3 Å². The summed E-state index contributed by atoms with van der Waals surface area (Å²) in [6.07, 6.45) is 10.1. The fourth-order valence-corrected chi connectivity index (χ4v) is 4.80. The van der Waals surface area contributed by atoms with Gasteiger partial charge in [-0.1, -0.05) is 41.4 Å². The number of aromatic nitrogens is 3. The highest BCUT2D eigenvalue weighted by Crippen LogP contribution is 2.32. The molecule has 3 aromatic heterocycles. The molecule has 0 aliphatic heterocycles. The van der Waals surface area contributed by atoms with Gasteiger partial charge in [0.25, 0.3) is 0 Å². The Morgan fingerprint density at radius 2 is 1.60 bits per heavy atom. The largest absolute Gasteiger partial charge is 0.457 e. The van der Waals surface area contributed by atoms with Crippen LogP contribution in [0.3, 0.4) is 0 Å². The first-order valence-corrected chi connectivity index (χ1v) is 14.1. The summed E-state index contributed by atoms with van der Waals surface area (Å²) in [6, 6.07) is 20.5. The molecule has 0 bridgehead atoms. The molecule has 5 N–H and O–H groups in total. The van der Waals surface area contributed by atoms with Crippen LogP contribution in [0.2, 0.25) is 5.02 Å². The molecule has 45 heavy (non-hydrogen) atoms. The van der Waals surface area contributed by atoms with Crippen molar-refractivity contribution in [3.8, 4) is 17.2 Å². The summed E-state index contributed by atoms with van der Waals surface area (Å²) < 4.78 is 12.8. The highest BCUT2D eigenvalue weighted by Gasteiger charge is 2.16. The van der Waals surface area contributed by atoms with E-state index in [0.717, 1.165) is 0 Å². The first-order chi connectivity index (χ1) is 21.8. The molecule has 0 saturated carbocycles. The number of anilines is 3. The van der Waals surface area contributed by atoms with Crippen LogP contribution in [0, 0.1) is 0 Å². The van der Waals surface area contributed by atoms with Crippen LogP contribution in [-0.2, 0) is 4.79 Å². The third-order valence-electron chi connectivity index (χ3n) is 6.23. The summed E-state index contributed by atoms with van der Waals surface area (Å²) in [5.41, 5.74) is 12.6. The van der Waals surface area contributed by atoms with Gasteiger partial charge in [0, 0.05) is 53.2 Å². The second kappa shape index (κ2) is 14.2. The molecule has 1 amide bonds. The van der Waals surface area contributed by atoms with Crippen molar-refractivity contribution in [2.24, 2.45) is 4.99 Å². The number of para-hydroxylation sites is 1. The molecule has 13 heteroatoms. The lowest BCUT2D eigenvalue weighted by atomic mass is 10.1. The van der Waals surface area contributed by atoms with E-state index in [-0.39, 0.29) is 12.1 Å². The Bertz CT molecular complexity index is 1950. The minimum absolute atomic E-state index is 0.298. The van der Waals surface area contributed by atoms with Gasteiger partial charge >= 0.3 is 6.03 Å². The SMILES string of the molecule is Nc1cc(OC2=CC(N=C=O)CC(Cl)=C2)ccn1.Nc1cc(Oc2ccc3c(c2)c(Cl)cn3C(=O)Nc2ccccc2)ccn1. The van der Waals surface area contributed by atoms with Crippen molar-refractivity contribution >= 4 is 63.5 Å². The molecule has 11 nitrogen and oxygen atoms in total. The number of nitrogens with two attached hydrogens (primary N) is 2. The first-order valence-electron chi connectivity index (χ1n) is 13.4. The number of pyridine rings is 2. The van der Waals surface area contributed by atoms with Crippen LogP contribution in [0.4, 0.5) is 22.1 Å². The Hall–Kier alpha value is -5.61. The number of allylic oxidation sites excluding steroid dienone is 1. The number of nitrogen functional groups attached to an aromatic ring is 2. The number of isocyanates is 1. The van der Waals surface area contributed by atoms with Crippen LogP contribution in [0.1, 0.15) is 6.42 Å². The minimum atomic E-state index is -0.339. The molecular formula is C32H25Cl2N7O4. The predicted molar refractivity (Wildman–Crippen MR) is 174 cm³/mol. The number of carbonyl (C=O) groups is 1. The van der Waals surface area contributed by atoms with E-state index in [4.69, 9.17) is 44.1 Å². The lowest BCUT2D eigenvalue weighted by Crippen LogP contribution is -2.18. The Morgan fingerprint density at radius 3 is 2.27 bits per heavy atom. The van der Waals surface area contributed by atoms with Crippen molar-refractivity contribution in [3.05, 3.63) is 119 Å². The van der Waals surface area contributed by atoms with E-state index in [1.807, 2.05) is 30.3 Å². The highest BCUT2D eigenvalue weighted by molar-refractivity contribution is 6.36. The molecule has 6 rings (SSSR count). The summed E-state index contributed by atoms with van der Waals surface area (Å²) in [4.78, 5) is 34.2. The predicted octanol–water partition coefficient (Wildman–Crippen LogP) is 7.30. The van der Waals surface area contributed by atoms with Crippen LogP contribution in [0.15, 0.2) is 119 Å². The molecule has 0 fully saturated rings. The zero-order valence-electron chi connectivity index (χ0n) is 23.4. The highest BCUT2D eigenvalue weighted by atomic mass is 35.5. The molecule has 2 aromatic carbocycles. The lowest BCUT2D eigenvalue weighted by Gasteiger charge is -2.15. The van der Waals surface area contributed by atoms with Gasteiger partial charge in [0.15, 0.2) is 0 Å². The number of hydrogen-bond donors (Lipinski definition) is 3. The third kappa shape index (κ3) is 8.27. The molecule has 0 radical (unpaired) electrons. The number of fused-ring (bicyclic) bond motifs is 1. The molecule has 5 aromatic rings. The molecule has 0 saturated heterocycles. The molecular weight excluding hydrogens is 617 g/mol. The average Bonchev–Trinajstić information content (AvgIpc) is 3.34. The second-order valence-corrected chi connectivity index (χ2v) is 10.4. The molecule has 0 spiro atoms. The number of halogens is 2. The van der Waals surface area contributed by atoms with E-state index in [1.165, 1.54) is 10.6 Å². The maximum atomic E-state index is 12.6. The van der Waals surface area contributed by atoms with E-state index in [1.54, 1.807) is 73.2 Å². The fourth-order valence-electron chi connectivity index (χ4n) is 4.28. The van der Waals surface area contributed by atoms with Crippen LogP contribution >= 0.6 is 23.2 Å². The van der Waals surface area contributed by atoms with Gasteiger partial charge in [0.1, 0.15) is 34.6 Å². The van der Waals surface area contributed by atoms with Gasteiger partial charge in [0.2, 0.25) is 6.08 Å². The van der Waals surface area contributed by atoms with Gasteiger partial charge in [0.05, 0.1) is 16.6 Å². The summed E-state index contributed by atoms with van der Waals surface area (Å²) in [6.45, 7) is 0. The molecule has 1 aliphatic carbocycles. The second-order valence-electron chi connectivity index (χ2n) is 9.51. The van der Waals surface area contributed by atoms with Crippen molar-refractivity contribution in [1.29, 1.82) is 0 Å². The maximum absolute atomic E-state index is 12.6. The number of benzene rings is 2. The zero-order valence-corrected chi connectivity index (χ0v) is 24.9. The van der Waals surface area contributed by atoms with Gasteiger partial charge in [-0.25, -0.2) is 19.6 Å². The first kappa shape index (κ1) is 30.8. The number of aliphatic imine (C=N–C) groups is 1. The lowest BCUT2D eigenvalue weighted by molar-refractivity contribution is 0.254. The number of amides is 1. The van der Waals surface area contributed by atoms with E-state index in [2.05, 4.69) is 20.3 Å². The molecule has 1 unspecified atom stereocenters. The Labute approximate surface area is 267 Å². The fraction of sp³-hybridized carbons (Fsp3) is 0.0625. The van der Waals surface area contributed by atoms with Crippen molar-refractivity contribution in [2.75, 3.05) is 16.8 Å². The summed E-state index contributed by atoms with van der Waals surface area (Å²) in [5.74, 6) is 2.94. The number of nitrogens with one attached hydrogen (secondary N) is 1. The third-order valence-corrected chi connectivity index (χ3v) is 6.79. The van der Waals surface area contributed by atoms with Gasteiger partial charge in [-0.3, -0.25) is 4.57 Å². The normalized spacial score (nSPS) is 13.8. The van der Waals surface area contributed by atoms with E-state index >= 15 is 0 Å². The molecule has 1 atom stereocenters. The van der Waals surface area contributed by atoms with Gasteiger partial charge in [-0.2, -0.15) is 4.99 Å². The van der Waals surface area contributed by atoms with E-state index in [0.29, 0.717) is 67.7 Å². The Balaban J connectivity index is 0.000000194. The van der Waals surface area contributed by atoms with Crippen molar-refractivity contribution in [3.63, 3.8) is 0 Å². The summed E-state index contributed by atoms with van der Waals surface area (Å²) >= 11 is 12.3. The summed E-state index contributed by atoms with van der Waals surface area (Å²) in [7, 11) is 0. The topological polar surface area (TPSA) is 160 Å². The monoisotopic (exact) mass is 641 g/mol. The van der Waals surface area contributed by atoms with Crippen LogP contribution in [-0.4, -0.2) is 32.7 Å². The van der Waals surface area contributed by atoms with Gasteiger partial charge < -0.3 is 26.3 Å². The number of rotatable bonds is 6. The number of hydrogen-bond acceptors (Lipinski definition) is 9. The molecule has 226 valence electrons. The van der Waals surface area contributed by atoms with Crippen molar-refractivity contribution in [1.82, 2.24) is 14.5 Å². The minimum Gasteiger partial charge on any atom is -0.457 e. The standard InChI is InChI=1S/C20H15ClN4O2.C12H10ClN3O2/c21-17-12-25(20(26)24-13-4-2-1-3-5-13)18-7-6-14(10-16(17)18)27-15-8-9-23-19(22)11-15;13-8-3-9(16-7-17)5-11(4-8)18-10-1-2-15-12(14)6-10/h1-12H,(H2,22,23)(H,24,26);1-2,4-6,9H,3H2,(H2,14,15). The van der Waals surface area contributed by atoms with Gasteiger partial charge in [-0.05, 0) is 54.6 Å². The van der Waals surface area contributed by atoms with Crippen LogP contribution in [0.5, 0.6) is 17.2 Å². The quantitative estimate of drug-likeness (QED) is 0.128. The van der Waals surface area contributed by atoms with Crippen molar-refractivity contribution in [2.45, 2.75) is 12.5 Å². The van der Waals surface area contributed by atoms with Gasteiger partial charge in [-0.15, -0.1) is 0 Å². The maximum Gasteiger partial charge on any atom is 0.330 e. The number of ether oxygens (including phenoxy) is 2. The number of carbonyl (C=O) groups excluding carboxylic acids is 2. The smallest absolute Gasteiger partial charge is 0.330 e. The van der Waals surface area contributed by atoms with E-state index < -0.39 is 0 Å². The van der Waals surface area contributed by atoms with E-state index in [9.17, 15) is 9.59 Å². The summed E-state index contributed by atoms with van der Waals surface area (Å²) in [5, 5.41) is 4.57. The zero-order chi connectivity index (χ0) is 31.8. The molecule has 1 aliphatic rings. The average molecular weight is 643 g/mol.